The van der Waals surface area contributed by atoms with E-state index in [1.165, 1.54) is 0 Å². The van der Waals surface area contributed by atoms with Gasteiger partial charge < -0.3 is 10.2 Å². The van der Waals surface area contributed by atoms with Gasteiger partial charge in [0.2, 0.25) is 11.8 Å². The predicted molar refractivity (Wildman–Crippen MR) is 139 cm³/mol. The maximum absolute atomic E-state index is 13.7. The monoisotopic (exact) mass is 476 g/mol. The summed E-state index contributed by atoms with van der Waals surface area (Å²) in [6, 6.07) is 24.6. The Morgan fingerprint density at radius 3 is 2.12 bits per heavy atom. The Labute approximate surface area is 207 Å². The van der Waals surface area contributed by atoms with Gasteiger partial charge in [-0.2, -0.15) is 0 Å². The van der Waals surface area contributed by atoms with Crippen LogP contribution in [-0.4, -0.2) is 28.8 Å². The van der Waals surface area contributed by atoms with Crippen molar-refractivity contribution in [3.8, 4) is 0 Å². The number of nitrogens with zero attached hydrogens (tertiary/aromatic N) is 1. The summed E-state index contributed by atoms with van der Waals surface area (Å²) in [4.78, 5) is 28.9. The van der Waals surface area contributed by atoms with Gasteiger partial charge in [-0.25, -0.2) is 0 Å². The first kappa shape index (κ1) is 25.5. The number of rotatable bonds is 10. The lowest BCUT2D eigenvalue weighted by atomic mass is 10.0. The highest BCUT2D eigenvalue weighted by atomic mass is 35.5. The minimum absolute atomic E-state index is 0.0263. The van der Waals surface area contributed by atoms with Crippen LogP contribution in [0.3, 0.4) is 0 Å². The zero-order valence-electron chi connectivity index (χ0n) is 20.1. The third-order valence-corrected chi connectivity index (χ3v) is 6.27. The average molecular weight is 477 g/mol. The first-order valence-electron chi connectivity index (χ1n) is 11.8. The summed E-state index contributed by atoms with van der Waals surface area (Å²) in [6.07, 6.45) is 1.47. The molecule has 3 aromatic rings. The van der Waals surface area contributed by atoms with Crippen molar-refractivity contribution >= 4 is 23.4 Å². The Bertz CT molecular complexity index is 1070. The molecule has 1 N–H and O–H groups in total. The lowest BCUT2D eigenvalue weighted by molar-refractivity contribution is -0.141. The molecule has 2 atom stereocenters. The fraction of sp³-hybridized carbons (Fsp3) is 0.310. The lowest BCUT2D eigenvalue weighted by Crippen LogP contribution is -2.52. The van der Waals surface area contributed by atoms with Gasteiger partial charge in [-0.3, -0.25) is 9.59 Å². The van der Waals surface area contributed by atoms with Crippen LogP contribution in [0.15, 0.2) is 78.9 Å². The molecule has 0 saturated carbocycles. The van der Waals surface area contributed by atoms with E-state index in [1.807, 2.05) is 87.5 Å². The highest BCUT2D eigenvalue weighted by molar-refractivity contribution is 6.30. The Kier molecular flexibility index (Phi) is 9.29. The SMILES string of the molecule is CCC(C)NC(=O)C(Cc1ccccc1)N(Cc1ccc(C)cc1)C(=O)Cc1ccc(Cl)cc1. The fourth-order valence-electron chi connectivity index (χ4n) is 3.76. The molecule has 3 rings (SSSR count). The van der Waals surface area contributed by atoms with Crippen LogP contribution in [0.2, 0.25) is 5.02 Å². The topological polar surface area (TPSA) is 49.4 Å². The molecular formula is C29H33ClN2O2. The van der Waals surface area contributed by atoms with Crippen LogP contribution in [-0.2, 0) is 29.0 Å². The molecule has 0 aromatic heterocycles. The molecule has 0 radical (unpaired) electrons. The van der Waals surface area contributed by atoms with Crippen LogP contribution in [0.5, 0.6) is 0 Å². The molecular weight excluding hydrogens is 444 g/mol. The predicted octanol–water partition coefficient (Wildman–Crippen LogP) is 5.75. The zero-order chi connectivity index (χ0) is 24.5. The van der Waals surface area contributed by atoms with E-state index in [2.05, 4.69) is 5.32 Å². The van der Waals surface area contributed by atoms with Crippen molar-refractivity contribution in [2.24, 2.45) is 0 Å². The van der Waals surface area contributed by atoms with Crippen LogP contribution < -0.4 is 5.32 Å². The Hall–Kier alpha value is -3.11. The van der Waals surface area contributed by atoms with Crippen LogP contribution in [0, 0.1) is 6.92 Å². The highest BCUT2D eigenvalue weighted by Gasteiger charge is 2.31. The minimum Gasteiger partial charge on any atom is -0.352 e. The summed E-state index contributed by atoms with van der Waals surface area (Å²) in [5.41, 5.74) is 4.02. The second-order valence-electron chi connectivity index (χ2n) is 8.83. The third kappa shape index (κ3) is 7.46. The number of carbonyl (C=O) groups excluding carboxylic acids is 2. The second-order valence-corrected chi connectivity index (χ2v) is 9.27. The van der Waals surface area contributed by atoms with E-state index < -0.39 is 6.04 Å². The molecule has 4 nitrogen and oxygen atoms in total. The first-order chi connectivity index (χ1) is 16.4. The molecule has 3 aromatic carbocycles. The van der Waals surface area contributed by atoms with E-state index >= 15 is 0 Å². The molecule has 0 aliphatic carbocycles. The molecule has 0 bridgehead atoms. The van der Waals surface area contributed by atoms with Gasteiger partial charge in [0.15, 0.2) is 0 Å². The van der Waals surface area contributed by atoms with Crippen molar-refractivity contribution in [3.05, 3.63) is 106 Å². The molecule has 178 valence electrons. The Morgan fingerprint density at radius 2 is 1.50 bits per heavy atom. The molecule has 0 spiro atoms. The molecule has 2 amide bonds. The zero-order valence-corrected chi connectivity index (χ0v) is 20.9. The van der Waals surface area contributed by atoms with Crippen molar-refractivity contribution in [1.82, 2.24) is 10.2 Å². The molecule has 0 fully saturated rings. The summed E-state index contributed by atoms with van der Waals surface area (Å²) in [6.45, 7) is 6.41. The van der Waals surface area contributed by atoms with Crippen LogP contribution in [0.25, 0.3) is 0 Å². The van der Waals surface area contributed by atoms with Crippen molar-refractivity contribution < 1.29 is 9.59 Å². The molecule has 5 heteroatoms. The summed E-state index contributed by atoms with van der Waals surface area (Å²) < 4.78 is 0. The van der Waals surface area contributed by atoms with E-state index in [0.717, 1.165) is 28.7 Å². The summed E-state index contributed by atoms with van der Waals surface area (Å²) >= 11 is 6.03. The van der Waals surface area contributed by atoms with Crippen molar-refractivity contribution in [3.63, 3.8) is 0 Å². The van der Waals surface area contributed by atoms with E-state index in [-0.39, 0.29) is 24.3 Å². The normalized spacial score (nSPS) is 12.6. The van der Waals surface area contributed by atoms with Gasteiger partial charge in [-0.05, 0) is 49.1 Å². The number of carbonyl (C=O) groups is 2. The molecule has 0 aliphatic rings. The second kappa shape index (κ2) is 12.4. The maximum atomic E-state index is 13.7. The average Bonchev–Trinajstić information content (AvgIpc) is 2.84. The largest absolute Gasteiger partial charge is 0.352 e. The van der Waals surface area contributed by atoms with Gasteiger partial charge in [-0.1, -0.05) is 90.8 Å². The van der Waals surface area contributed by atoms with E-state index in [9.17, 15) is 9.59 Å². The van der Waals surface area contributed by atoms with Gasteiger partial charge in [0.05, 0.1) is 6.42 Å². The number of hydrogen-bond acceptors (Lipinski definition) is 2. The van der Waals surface area contributed by atoms with Crippen LogP contribution in [0.4, 0.5) is 0 Å². The fourth-order valence-corrected chi connectivity index (χ4v) is 3.89. The first-order valence-corrected chi connectivity index (χ1v) is 12.2. The van der Waals surface area contributed by atoms with E-state index in [1.54, 1.807) is 17.0 Å². The van der Waals surface area contributed by atoms with Crippen molar-refractivity contribution in [2.45, 2.75) is 58.7 Å². The molecule has 2 unspecified atom stereocenters. The number of aryl methyl sites for hydroxylation is 1. The number of benzene rings is 3. The smallest absolute Gasteiger partial charge is 0.243 e. The van der Waals surface area contributed by atoms with E-state index in [4.69, 9.17) is 11.6 Å². The van der Waals surface area contributed by atoms with Gasteiger partial charge in [-0.15, -0.1) is 0 Å². The summed E-state index contributed by atoms with van der Waals surface area (Å²) in [5, 5.41) is 3.73. The quantitative estimate of drug-likeness (QED) is 0.405. The Morgan fingerprint density at radius 1 is 0.882 bits per heavy atom. The molecule has 34 heavy (non-hydrogen) atoms. The highest BCUT2D eigenvalue weighted by Crippen LogP contribution is 2.18. The lowest BCUT2D eigenvalue weighted by Gasteiger charge is -2.32. The third-order valence-electron chi connectivity index (χ3n) is 6.01. The Balaban J connectivity index is 1.95. The number of halogens is 1. The van der Waals surface area contributed by atoms with Gasteiger partial charge in [0.1, 0.15) is 6.04 Å². The van der Waals surface area contributed by atoms with Crippen LogP contribution >= 0.6 is 11.6 Å². The van der Waals surface area contributed by atoms with Gasteiger partial charge >= 0.3 is 0 Å². The molecule has 0 heterocycles. The number of nitrogens with one attached hydrogen (secondary N) is 1. The van der Waals surface area contributed by atoms with Gasteiger partial charge in [0, 0.05) is 24.0 Å². The maximum Gasteiger partial charge on any atom is 0.243 e. The number of hydrogen-bond donors (Lipinski definition) is 1. The van der Waals surface area contributed by atoms with Crippen molar-refractivity contribution in [1.29, 1.82) is 0 Å². The standard InChI is InChI=1S/C29H33ClN2O2/c1-4-22(3)31-29(34)27(18-23-8-6-5-7-9-23)32(20-25-12-10-21(2)11-13-25)28(33)19-24-14-16-26(30)17-15-24/h5-17,22,27H,4,18-20H2,1-3H3,(H,31,34). The van der Waals surface area contributed by atoms with E-state index in [0.29, 0.717) is 18.0 Å². The minimum atomic E-state index is -0.627. The molecule has 0 aliphatic heterocycles. The summed E-state index contributed by atoms with van der Waals surface area (Å²) in [7, 11) is 0. The van der Waals surface area contributed by atoms with Gasteiger partial charge in [0.25, 0.3) is 0 Å². The molecule has 0 saturated heterocycles. The number of amides is 2. The summed E-state index contributed by atoms with van der Waals surface area (Å²) in [5.74, 6) is -0.224. The van der Waals surface area contributed by atoms with Crippen LogP contribution in [0.1, 0.15) is 42.5 Å². The van der Waals surface area contributed by atoms with Crippen molar-refractivity contribution in [2.75, 3.05) is 0 Å².